The van der Waals surface area contributed by atoms with Crippen LogP contribution in [0.2, 0.25) is 0 Å². The van der Waals surface area contributed by atoms with E-state index >= 15 is 0 Å². The topological polar surface area (TPSA) is 17.4 Å². The van der Waals surface area contributed by atoms with Gasteiger partial charge in [0.05, 0.1) is 15.0 Å². The SMILES string of the molecule is CC.Cc1cc(OP)cc2c(CCN(P)P)cn(P)c12. The van der Waals surface area contributed by atoms with Crippen LogP contribution in [0.1, 0.15) is 25.0 Å². The van der Waals surface area contributed by atoms with Gasteiger partial charge in [-0.05, 0) is 46.0 Å². The van der Waals surface area contributed by atoms with Gasteiger partial charge >= 0.3 is 0 Å². The average Bonchev–Trinajstić information content (AvgIpc) is 2.75. The molecule has 1 heterocycles. The fraction of sp³-hybridized carbons (Fsp3) is 0.385. The zero-order valence-electron chi connectivity index (χ0n) is 12.3. The van der Waals surface area contributed by atoms with Gasteiger partial charge in [-0.15, -0.1) is 0 Å². The normalized spacial score (nSPS) is 10.6. The number of rotatable bonds is 4. The molecule has 0 aliphatic carbocycles. The molecular formula is C13H24N2OP4. The molecule has 1 aromatic heterocycles. The lowest BCUT2D eigenvalue weighted by molar-refractivity contribution is 0.646. The highest BCUT2D eigenvalue weighted by Gasteiger charge is 2.11. The summed E-state index contributed by atoms with van der Waals surface area (Å²) in [5.41, 5.74) is 3.81. The number of hydrogen-bond acceptors (Lipinski definition) is 2. The summed E-state index contributed by atoms with van der Waals surface area (Å²) < 4.78 is 9.43. The van der Waals surface area contributed by atoms with E-state index in [1.165, 1.54) is 22.0 Å². The van der Waals surface area contributed by atoms with Crippen molar-refractivity contribution in [3.63, 3.8) is 0 Å². The van der Waals surface area contributed by atoms with E-state index in [1.54, 1.807) is 0 Å². The Morgan fingerprint density at radius 2 is 1.90 bits per heavy atom. The molecule has 1 aromatic carbocycles. The number of benzene rings is 1. The lowest BCUT2D eigenvalue weighted by Crippen LogP contribution is -2.01. The third-order valence-electron chi connectivity index (χ3n) is 2.95. The fourth-order valence-electron chi connectivity index (χ4n) is 2.15. The van der Waals surface area contributed by atoms with Crippen molar-refractivity contribution in [1.82, 2.24) is 8.78 Å². The van der Waals surface area contributed by atoms with E-state index in [1.807, 2.05) is 18.3 Å². The number of aromatic nitrogens is 1. The maximum absolute atomic E-state index is 5.27. The van der Waals surface area contributed by atoms with Crippen LogP contribution in [0.15, 0.2) is 18.3 Å². The summed E-state index contributed by atoms with van der Waals surface area (Å²) >= 11 is 0. The molecule has 0 fully saturated rings. The molecule has 0 aliphatic rings. The van der Waals surface area contributed by atoms with Crippen LogP contribution in [0.3, 0.4) is 0 Å². The summed E-state index contributed by atoms with van der Waals surface area (Å²) in [5.74, 6) is 0.885. The van der Waals surface area contributed by atoms with Gasteiger partial charge in [-0.25, -0.2) is 0 Å². The molecule has 0 aliphatic heterocycles. The van der Waals surface area contributed by atoms with Gasteiger partial charge in [0.1, 0.15) is 5.75 Å². The van der Waals surface area contributed by atoms with Gasteiger partial charge in [0.2, 0.25) is 0 Å². The van der Waals surface area contributed by atoms with Gasteiger partial charge in [-0.2, -0.15) is 0 Å². The van der Waals surface area contributed by atoms with Crippen LogP contribution in [0, 0.1) is 6.92 Å². The van der Waals surface area contributed by atoms with Crippen molar-refractivity contribution in [2.24, 2.45) is 0 Å². The van der Waals surface area contributed by atoms with Crippen LogP contribution < -0.4 is 4.52 Å². The van der Waals surface area contributed by atoms with Crippen molar-refractivity contribution in [3.8, 4) is 5.75 Å². The number of hydrogen-bond donors (Lipinski definition) is 0. The minimum atomic E-state index is 0.885. The molecule has 0 saturated heterocycles. The van der Waals surface area contributed by atoms with Crippen molar-refractivity contribution < 1.29 is 4.52 Å². The molecular weight excluding hydrogens is 324 g/mol. The minimum Gasteiger partial charge on any atom is -0.480 e. The summed E-state index contributed by atoms with van der Waals surface area (Å²) in [5, 5.41) is 1.26. The first-order valence-electron chi connectivity index (χ1n) is 6.56. The molecule has 0 N–H and O–H groups in total. The molecule has 20 heavy (non-hydrogen) atoms. The summed E-state index contributed by atoms with van der Waals surface area (Å²) in [6.45, 7) is 7.08. The second-order valence-corrected chi connectivity index (χ2v) is 7.02. The van der Waals surface area contributed by atoms with Crippen LogP contribution in [-0.2, 0) is 6.42 Å². The predicted octanol–water partition coefficient (Wildman–Crippen LogP) is 4.21. The molecule has 0 saturated carbocycles. The standard InChI is InChI=1S/C11H18N2OP4.C2H6/c1-7-4-9(14-18)5-10-8(2-3-13(16)17)6-12(15)11(7)10;1-2/h4-6H,2-3,15-18H2,1H3;1-2H3. The second-order valence-electron chi connectivity index (χ2n) is 4.30. The Hall–Kier alpha value is 0.240. The molecule has 3 nitrogen and oxygen atoms in total. The van der Waals surface area contributed by atoms with Crippen LogP contribution in [0.25, 0.3) is 10.9 Å². The van der Waals surface area contributed by atoms with E-state index in [0.29, 0.717) is 0 Å². The van der Waals surface area contributed by atoms with Crippen molar-refractivity contribution >= 4 is 48.5 Å². The Balaban J connectivity index is 0.000000956. The van der Waals surface area contributed by atoms with E-state index in [9.17, 15) is 0 Å². The lowest BCUT2D eigenvalue weighted by atomic mass is 10.1. The van der Waals surface area contributed by atoms with Crippen LogP contribution in [-0.4, -0.2) is 15.3 Å². The highest BCUT2D eigenvalue weighted by atomic mass is 31.1. The van der Waals surface area contributed by atoms with Crippen molar-refractivity contribution in [1.29, 1.82) is 0 Å². The van der Waals surface area contributed by atoms with Crippen LogP contribution in [0.5, 0.6) is 5.75 Å². The summed E-state index contributed by atoms with van der Waals surface area (Å²) in [7, 11) is 10.4. The first kappa shape index (κ1) is 18.3. The van der Waals surface area contributed by atoms with Gasteiger partial charge in [0.25, 0.3) is 0 Å². The zero-order chi connectivity index (χ0) is 15.3. The molecule has 0 bridgehead atoms. The number of fused-ring (bicyclic) bond motifs is 1. The number of aryl methyl sites for hydroxylation is 1. The van der Waals surface area contributed by atoms with Gasteiger partial charge in [-0.3, -0.25) is 4.44 Å². The molecule has 112 valence electrons. The second kappa shape index (κ2) is 8.63. The Morgan fingerprint density at radius 3 is 2.45 bits per heavy atom. The minimum absolute atomic E-state index is 0.885. The van der Waals surface area contributed by atoms with E-state index in [2.05, 4.69) is 67.2 Å². The quantitative estimate of drug-likeness (QED) is 0.771. The summed E-state index contributed by atoms with van der Waals surface area (Å²) in [4.78, 5) is 0. The maximum atomic E-state index is 5.27. The lowest BCUT2D eigenvalue weighted by Gasteiger charge is -2.08. The largest absolute Gasteiger partial charge is 0.480 e. The van der Waals surface area contributed by atoms with Gasteiger partial charge in [0.15, 0.2) is 0 Å². The predicted molar refractivity (Wildman–Crippen MR) is 103 cm³/mol. The zero-order valence-corrected chi connectivity index (χ0v) is 16.9. The smallest absolute Gasteiger partial charge is 0.123 e. The van der Waals surface area contributed by atoms with Crippen LogP contribution >= 0.6 is 37.6 Å². The highest BCUT2D eigenvalue weighted by Crippen LogP contribution is 2.31. The van der Waals surface area contributed by atoms with Crippen molar-refractivity contribution in [2.75, 3.05) is 6.54 Å². The van der Waals surface area contributed by atoms with E-state index in [4.69, 9.17) is 4.52 Å². The molecule has 2 aromatic rings. The summed E-state index contributed by atoms with van der Waals surface area (Å²) in [6, 6.07) is 4.15. The van der Waals surface area contributed by atoms with Gasteiger partial charge in [0, 0.05) is 18.1 Å². The van der Waals surface area contributed by atoms with E-state index < -0.39 is 0 Å². The van der Waals surface area contributed by atoms with Gasteiger partial charge < -0.3 is 8.86 Å². The van der Waals surface area contributed by atoms with E-state index in [-0.39, 0.29) is 0 Å². The highest BCUT2D eigenvalue weighted by molar-refractivity contribution is 7.30. The Labute approximate surface area is 131 Å². The fourth-order valence-corrected chi connectivity index (χ4v) is 3.07. The molecule has 7 heteroatoms. The Bertz CT molecular complexity index is 569. The third kappa shape index (κ3) is 4.37. The maximum Gasteiger partial charge on any atom is 0.123 e. The molecule has 0 radical (unpaired) electrons. The molecule has 4 unspecified atom stereocenters. The van der Waals surface area contributed by atoms with E-state index in [0.717, 1.165) is 18.7 Å². The molecule has 4 atom stereocenters. The van der Waals surface area contributed by atoms with Crippen LogP contribution in [0.4, 0.5) is 0 Å². The Morgan fingerprint density at radius 1 is 1.25 bits per heavy atom. The Kier molecular flexibility index (Phi) is 7.89. The number of nitrogens with zero attached hydrogens (tertiary/aromatic N) is 2. The molecule has 2 rings (SSSR count). The van der Waals surface area contributed by atoms with Crippen molar-refractivity contribution in [2.45, 2.75) is 27.2 Å². The average molecular weight is 348 g/mol. The molecule has 0 amide bonds. The van der Waals surface area contributed by atoms with Gasteiger partial charge in [-0.1, -0.05) is 32.6 Å². The van der Waals surface area contributed by atoms with Crippen molar-refractivity contribution in [3.05, 3.63) is 29.5 Å². The first-order valence-corrected chi connectivity index (χ1v) is 8.58. The summed E-state index contributed by atoms with van der Waals surface area (Å²) in [6.07, 6.45) is 3.18. The monoisotopic (exact) mass is 348 g/mol. The third-order valence-corrected chi connectivity index (χ3v) is 4.14. The molecule has 0 spiro atoms. The first-order chi connectivity index (χ1) is 9.52.